The molecule has 6 heteroatoms. The van der Waals surface area contributed by atoms with Gasteiger partial charge in [-0.2, -0.15) is 0 Å². The van der Waals surface area contributed by atoms with Crippen LogP contribution in [0.4, 0.5) is 5.69 Å². The van der Waals surface area contributed by atoms with Crippen molar-refractivity contribution in [3.05, 3.63) is 45.1 Å². The fourth-order valence-corrected chi connectivity index (χ4v) is 4.98. The van der Waals surface area contributed by atoms with Crippen LogP contribution in [0.1, 0.15) is 16.7 Å². The number of halogens is 1. The molecule has 0 aliphatic carbocycles. The molecule has 0 unspecified atom stereocenters. The van der Waals surface area contributed by atoms with E-state index < -0.39 is 9.84 Å². The van der Waals surface area contributed by atoms with Crippen molar-refractivity contribution in [1.82, 2.24) is 0 Å². The van der Waals surface area contributed by atoms with Gasteiger partial charge in [0, 0.05) is 15.4 Å². The Balaban J connectivity index is 2.32. The second kappa shape index (κ2) is 5.53. The third-order valence-corrected chi connectivity index (χ3v) is 6.24. The topological polar surface area (TPSA) is 60.2 Å². The van der Waals surface area contributed by atoms with E-state index in [2.05, 4.69) is 0 Å². The highest BCUT2D eigenvalue weighted by Crippen LogP contribution is 2.28. The van der Waals surface area contributed by atoms with Crippen LogP contribution in [-0.4, -0.2) is 8.42 Å². The molecular weight excluding hydrogens is 302 g/mol. The van der Waals surface area contributed by atoms with Crippen molar-refractivity contribution in [2.45, 2.75) is 24.0 Å². The van der Waals surface area contributed by atoms with Gasteiger partial charge in [0.25, 0.3) is 0 Å². The number of aryl methyl sites for hydroxylation is 1. The molecule has 19 heavy (non-hydrogen) atoms. The Labute approximate surface area is 121 Å². The van der Waals surface area contributed by atoms with Gasteiger partial charge in [0.2, 0.25) is 0 Å². The van der Waals surface area contributed by atoms with Gasteiger partial charge >= 0.3 is 0 Å². The molecule has 0 atom stereocenters. The maximum atomic E-state index is 12.3. The predicted molar refractivity (Wildman–Crippen MR) is 80.5 cm³/mol. The molecule has 2 rings (SSSR count). The van der Waals surface area contributed by atoms with E-state index in [4.69, 9.17) is 17.3 Å². The Morgan fingerprint density at radius 1 is 1.21 bits per heavy atom. The maximum absolute atomic E-state index is 12.3. The number of hydrogen-bond donors (Lipinski definition) is 1. The molecule has 0 saturated heterocycles. The van der Waals surface area contributed by atoms with Crippen molar-refractivity contribution in [3.63, 3.8) is 0 Å². The van der Waals surface area contributed by atoms with Gasteiger partial charge in [0.05, 0.1) is 15.7 Å². The Bertz CT molecular complexity index is 692. The molecule has 0 saturated carbocycles. The van der Waals surface area contributed by atoms with Crippen LogP contribution < -0.4 is 5.73 Å². The fourth-order valence-electron chi connectivity index (χ4n) is 1.72. The van der Waals surface area contributed by atoms with Crippen LogP contribution in [0.15, 0.2) is 35.2 Å². The lowest BCUT2D eigenvalue weighted by molar-refractivity contribution is 0.596. The van der Waals surface area contributed by atoms with E-state index in [1.165, 1.54) is 28.3 Å². The summed E-state index contributed by atoms with van der Waals surface area (Å²) in [5.74, 6) is -0.0265. The van der Waals surface area contributed by atoms with E-state index in [1.54, 1.807) is 6.07 Å². The van der Waals surface area contributed by atoms with Crippen molar-refractivity contribution in [2.75, 3.05) is 5.73 Å². The Hall–Kier alpha value is -1.04. The molecule has 1 aromatic heterocycles. The molecule has 2 aromatic rings. The monoisotopic (exact) mass is 315 g/mol. The molecule has 0 amide bonds. The van der Waals surface area contributed by atoms with Gasteiger partial charge in [-0.3, -0.25) is 0 Å². The average molecular weight is 316 g/mol. The summed E-state index contributed by atoms with van der Waals surface area (Å²) in [6.45, 7) is 2.04. The molecule has 3 nitrogen and oxygen atoms in total. The summed E-state index contributed by atoms with van der Waals surface area (Å²) in [5, 5.41) is 0.173. The zero-order valence-corrected chi connectivity index (χ0v) is 12.8. The largest absolute Gasteiger partial charge is 0.399 e. The van der Waals surface area contributed by atoms with Crippen LogP contribution >= 0.6 is 22.9 Å². The summed E-state index contributed by atoms with van der Waals surface area (Å²) in [4.78, 5) is 2.13. The van der Waals surface area contributed by atoms with Crippen LogP contribution in [0, 0.1) is 0 Å². The Kier molecular flexibility index (Phi) is 4.18. The summed E-state index contributed by atoms with van der Waals surface area (Å²) < 4.78 is 24.6. The van der Waals surface area contributed by atoms with Gasteiger partial charge in [-0.1, -0.05) is 18.5 Å². The minimum Gasteiger partial charge on any atom is -0.399 e. The predicted octanol–water partition coefficient (Wildman–Crippen LogP) is 3.52. The number of anilines is 1. The fraction of sp³-hybridized carbons (Fsp3) is 0.231. The van der Waals surface area contributed by atoms with E-state index in [0.717, 1.165) is 11.3 Å². The standard InChI is InChI=1S/C13H14ClNO2S2/c1-2-10-4-5-11(18-10)8-19(16,17)13-6-3-9(15)7-12(13)14/h3-7H,2,8,15H2,1H3. The van der Waals surface area contributed by atoms with Gasteiger partial charge in [0.15, 0.2) is 9.84 Å². The van der Waals surface area contributed by atoms with Crippen LogP contribution in [0.25, 0.3) is 0 Å². The first-order valence-electron chi connectivity index (χ1n) is 5.77. The number of nitrogens with two attached hydrogens (primary N) is 1. The van der Waals surface area contributed by atoms with Gasteiger partial charge in [0.1, 0.15) is 0 Å². The second-order valence-corrected chi connectivity index (χ2v) is 7.79. The minimum absolute atomic E-state index is 0.0265. The number of sulfone groups is 1. The number of thiophene rings is 1. The van der Waals surface area contributed by atoms with Crippen molar-refractivity contribution < 1.29 is 8.42 Å². The molecular formula is C13H14ClNO2S2. The zero-order valence-electron chi connectivity index (χ0n) is 10.4. The third-order valence-electron chi connectivity index (χ3n) is 2.69. The Morgan fingerprint density at radius 3 is 2.47 bits per heavy atom. The summed E-state index contributed by atoms with van der Waals surface area (Å²) >= 11 is 7.47. The number of benzene rings is 1. The first-order chi connectivity index (χ1) is 8.92. The molecule has 1 heterocycles. The smallest absolute Gasteiger partial charge is 0.184 e. The highest BCUT2D eigenvalue weighted by Gasteiger charge is 2.19. The quantitative estimate of drug-likeness (QED) is 0.878. The minimum atomic E-state index is -3.43. The summed E-state index contributed by atoms with van der Waals surface area (Å²) in [7, 11) is -3.43. The van der Waals surface area contributed by atoms with Gasteiger partial charge in [-0.25, -0.2) is 8.42 Å². The molecule has 0 spiro atoms. The van der Waals surface area contributed by atoms with Gasteiger partial charge < -0.3 is 5.73 Å². The highest BCUT2D eigenvalue weighted by atomic mass is 35.5. The molecule has 1 aromatic carbocycles. The lowest BCUT2D eigenvalue weighted by atomic mass is 10.3. The normalized spacial score (nSPS) is 11.7. The first-order valence-corrected chi connectivity index (χ1v) is 8.62. The maximum Gasteiger partial charge on any atom is 0.184 e. The second-order valence-electron chi connectivity index (χ2n) is 4.17. The molecule has 0 bridgehead atoms. The summed E-state index contributed by atoms with van der Waals surface area (Å²) in [6.07, 6.45) is 0.910. The SMILES string of the molecule is CCc1ccc(CS(=O)(=O)c2ccc(N)cc2Cl)s1. The van der Waals surface area contributed by atoms with E-state index in [0.29, 0.717) is 5.69 Å². The van der Waals surface area contributed by atoms with E-state index in [9.17, 15) is 8.42 Å². The van der Waals surface area contributed by atoms with Crippen molar-refractivity contribution in [2.24, 2.45) is 0 Å². The summed E-state index contributed by atoms with van der Waals surface area (Å²) in [6, 6.07) is 8.28. The molecule has 0 aliphatic rings. The third kappa shape index (κ3) is 3.29. The number of nitrogen functional groups attached to an aromatic ring is 1. The van der Waals surface area contributed by atoms with E-state index >= 15 is 0 Å². The molecule has 0 aliphatic heterocycles. The van der Waals surface area contributed by atoms with Crippen molar-refractivity contribution >= 4 is 38.5 Å². The lowest BCUT2D eigenvalue weighted by Crippen LogP contribution is -2.05. The van der Waals surface area contributed by atoms with Crippen molar-refractivity contribution in [3.8, 4) is 0 Å². The zero-order chi connectivity index (χ0) is 14.0. The number of rotatable bonds is 4. The van der Waals surface area contributed by atoms with E-state index in [-0.39, 0.29) is 15.7 Å². The highest BCUT2D eigenvalue weighted by molar-refractivity contribution is 7.91. The Morgan fingerprint density at radius 2 is 1.89 bits per heavy atom. The lowest BCUT2D eigenvalue weighted by Gasteiger charge is -2.06. The van der Waals surface area contributed by atoms with Crippen molar-refractivity contribution in [1.29, 1.82) is 0 Å². The van der Waals surface area contributed by atoms with Crippen LogP contribution in [0.3, 0.4) is 0 Å². The van der Waals surface area contributed by atoms with Crippen LogP contribution in [0.2, 0.25) is 5.02 Å². The molecule has 0 fully saturated rings. The van der Waals surface area contributed by atoms with Crippen LogP contribution in [0.5, 0.6) is 0 Å². The average Bonchev–Trinajstić information content (AvgIpc) is 2.75. The molecule has 0 radical (unpaired) electrons. The van der Waals surface area contributed by atoms with Gasteiger partial charge in [-0.15, -0.1) is 11.3 Å². The van der Waals surface area contributed by atoms with Gasteiger partial charge in [-0.05, 0) is 36.8 Å². The van der Waals surface area contributed by atoms with Crippen LogP contribution in [-0.2, 0) is 22.0 Å². The first kappa shape index (κ1) is 14.4. The molecule has 2 N–H and O–H groups in total. The molecule has 102 valence electrons. The summed E-state index contributed by atoms with van der Waals surface area (Å²) in [5.41, 5.74) is 6.02. The number of hydrogen-bond acceptors (Lipinski definition) is 4. The van der Waals surface area contributed by atoms with E-state index in [1.807, 2.05) is 19.1 Å².